The van der Waals surface area contributed by atoms with E-state index >= 15 is 0 Å². The highest BCUT2D eigenvalue weighted by Crippen LogP contribution is 2.15. The number of carboxylic acid groups (broad SMARTS) is 1. The molecule has 0 aromatic rings. The number of likely N-dealkylation sites (N-methyl/N-ethyl adjacent to an activating group) is 1. The maximum atomic E-state index is 12.9. The van der Waals surface area contributed by atoms with Crippen molar-refractivity contribution in [3.05, 3.63) is 134 Å². The zero-order chi connectivity index (χ0) is 60.5. The number of allylic oxidation sites excluding steroid dienone is 22. The third-order valence-corrected chi connectivity index (χ3v) is 13.9. The second-order valence-electron chi connectivity index (χ2n) is 23.0. The summed E-state index contributed by atoms with van der Waals surface area (Å²) in [5, 5.41) is 9.73. The normalized spacial score (nSPS) is 13.6. The van der Waals surface area contributed by atoms with E-state index in [0.717, 1.165) is 109 Å². The molecule has 0 amide bonds. The van der Waals surface area contributed by atoms with Crippen molar-refractivity contribution < 1.29 is 42.9 Å². The van der Waals surface area contributed by atoms with Gasteiger partial charge in [-0.1, -0.05) is 263 Å². The molecule has 0 aliphatic carbocycles. The standard InChI is InChI=1S/C74H123NO8/c1-6-8-10-12-14-16-18-20-22-24-26-28-30-31-32-33-34-35-36-37-38-39-40-41-43-45-47-49-51-53-55-57-59-61-63-65-72(77)83-70(69-82-74(73(78)79)80-67-66-75(3,4)5)68-81-71(76)64-62-60-58-56-54-52-50-48-46-44-42-29-27-25-23-21-19-17-15-13-11-9-7-2/h8,10,14,16,19-22,25-28,31-32,34-35,37-38,40-41,45,47,70,74H,6-7,9,11-13,15,17-18,23-24,29-30,33,36,39,42-44,46,48-69H2,1-5H3/p+1/b10-8-,16-14-,21-19-,22-20-,27-25-,28-26-,32-31-,35-34-,38-37-,41-40-,47-45-. The minimum atomic E-state index is -1.52. The maximum Gasteiger partial charge on any atom is 0.361 e. The largest absolute Gasteiger partial charge is 0.477 e. The molecule has 0 saturated carbocycles. The molecule has 0 rings (SSSR count). The van der Waals surface area contributed by atoms with Gasteiger partial charge in [-0.25, -0.2) is 4.79 Å². The topological polar surface area (TPSA) is 108 Å². The van der Waals surface area contributed by atoms with E-state index < -0.39 is 24.3 Å². The number of ether oxygens (including phenoxy) is 4. The van der Waals surface area contributed by atoms with Crippen molar-refractivity contribution in [3.63, 3.8) is 0 Å². The highest BCUT2D eigenvalue weighted by Gasteiger charge is 2.25. The lowest BCUT2D eigenvalue weighted by atomic mass is 10.0. The van der Waals surface area contributed by atoms with E-state index in [2.05, 4.69) is 148 Å². The molecule has 0 heterocycles. The molecule has 0 aliphatic heterocycles. The lowest BCUT2D eigenvalue weighted by molar-refractivity contribution is -0.870. The molecule has 472 valence electrons. The molecule has 0 aromatic carbocycles. The first-order valence-corrected chi connectivity index (χ1v) is 33.3. The van der Waals surface area contributed by atoms with Gasteiger partial charge in [0.2, 0.25) is 0 Å². The quantitative estimate of drug-likeness (QED) is 0.0211. The minimum absolute atomic E-state index is 0.178. The summed E-state index contributed by atoms with van der Waals surface area (Å²) in [6, 6.07) is 0. The maximum absolute atomic E-state index is 12.9. The first kappa shape index (κ1) is 78.4. The molecule has 0 radical (unpaired) electrons. The number of esters is 2. The van der Waals surface area contributed by atoms with E-state index in [1.165, 1.54) is 116 Å². The van der Waals surface area contributed by atoms with E-state index in [1.807, 2.05) is 21.1 Å². The van der Waals surface area contributed by atoms with Crippen LogP contribution in [-0.4, -0.2) is 87.4 Å². The molecule has 0 bridgehead atoms. The molecule has 0 spiro atoms. The van der Waals surface area contributed by atoms with E-state index in [0.29, 0.717) is 23.9 Å². The van der Waals surface area contributed by atoms with Crippen LogP contribution in [0.25, 0.3) is 0 Å². The summed E-state index contributed by atoms with van der Waals surface area (Å²) in [5.41, 5.74) is 0. The fraction of sp³-hybridized carbons (Fsp3) is 0.662. The van der Waals surface area contributed by atoms with Crippen LogP contribution in [0.4, 0.5) is 0 Å². The van der Waals surface area contributed by atoms with Crippen molar-refractivity contribution >= 4 is 17.9 Å². The van der Waals surface area contributed by atoms with Gasteiger partial charge in [0, 0.05) is 12.8 Å². The predicted molar refractivity (Wildman–Crippen MR) is 354 cm³/mol. The number of carbonyl (C=O) groups excluding carboxylic acids is 2. The van der Waals surface area contributed by atoms with Crippen molar-refractivity contribution in [2.75, 3.05) is 47.5 Å². The molecule has 2 unspecified atom stereocenters. The molecule has 0 fully saturated rings. The Morgan fingerprint density at radius 1 is 0.373 bits per heavy atom. The summed E-state index contributed by atoms with van der Waals surface area (Å²) >= 11 is 0. The highest BCUT2D eigenvalue weighted by molar-refractivity contribution is 5.71. The van der Waals surface area contributed by atoms with Crippen molar-refractivity contribution in [2.45, 2.75) is 270 Å². The van der Waals surface area contributed by atoms with Crippen LogP contribution in [0.5, 0.6) is 0 Å². The third kappa shape index (κ3) is 64.8. The molecular formula is C74H124NO8+. The summed E-state index contributed by atoms with van der Waals surface area (Å²) in [7, 11) is 5.96. The smallest absolute Gasteiger partial charge is 0.361 e. The number of hydrogen-bond donors (Lipinski definition) is 1. The van der Waals surface area contributed by atoms with E-state index in [9.17, 15) is 19.5 Å². The zero-order valence-corrected chi connectivity index (χ0v) is 53.8. The number of quaternary nitrogens is 1. The number of carboxylic acids is 1. The van der Waals surface area contributed by atoms with Crippen molar-refractivity contribution in [1.82, 2.24) is 0 Å². The van der Waals surface area contributed by atoms with Crippen LogP contribution in [-0.2, 0) is 33.3 Å². The lowest BCUT2D eigenvalue weighted by Gasteiger charge is -2.25. The average molecular weight is 1160 g/mol. The SMILES string of the molecule is CC/C=C\C/C=C\C/C=C\C/C=C\C/C=C\C/C=C\C/C=C\C/C=C\C/C=C\CCCCCCCCCC(=O)OC(COC(=O)CCCCCCCCCCCCC/C=C\C/C=C\CCCCCCC)COC(OCC[N+](C)(C)C)C(=O)O. The van der Waals surface area contributed by atoms with Crippen LogP contribution in [0.2, 0.25) is 0 Å². The van der Waals surface area contributed by atoms with E-state index in [1.54, 1.807) is 0 Å². The van der Waals surface area contributed by atoms with Crippen LogP contribution in [0.3, 0.4) is 0 Å². The van der Waals surface area contributed by atoms with Crippen molar-refractivity contribution in [1.29, 1.82) is 0 Å². The number of aliphatic carboxylic acids is 1. The number of hydrogen-bond acceptors (Lipinski definition) is 7. The van der Waals surface area contributed by atoms with Crippen LogP contribution in [0.15, 0.2) is 134 Å². The Bertz CT molecular complexity index is 1820. The molecule has 0 aromatic heterocycles. The lowest BCUT2D eigenvalue weighted by Crippen LogP contribution is -2.40. The van der Waals surface area contributed by atoms with Gasteiger partial charge in [0.1, 0.15) is 13.2 Å². The Hall–Kier alpha value is -4.57. The first-order chi connectivity index (χ1) is 40.6. The summed E-state index contributed by atoms with van der Waals surface area (Å²) < 4.78 is 22.9. The molecular weight excluding hydrogens is 1030 g/mol. The van der Waals surface area contributed by atoms with Gasteiger partial charge in [-0.15, -0.1) is 0 Å². The Labute approximate surface area is 509 Å². The van der Waals surface area contributed by atoms with E-state index in [-0.39, 0.29) is 32.2 Å². The summed E-state index contributed by atoms with van der Waals surface area (Å²) in [4.78, 5) is 37.6. The fourth-order valence-corrected chi connectivity index (χ4v) is 8.80. The van der Waals surface area contributed by atoms with Gasteiger partial charge in [-0.3, -0.25) is 9.59 Å². The molecule has 0 saturated heterocycles. The molecule has 0 aliphatic rings. The highest BCUT2D eigenvalue weighted by atomic mass is 16.7. The molecule has 83 heavy (non-hydrogen) atoms. The number of rotatable bonds is 60. The van der Waals surface area contributed by atoms with Crippen LogP contribution in [0.1, 0.15) is 258 Å². The van der Waals surface area contributed by atoms with Gasteiger partial charge in [-0.2, -0.15) is 0 Å². The summed E-state index contributed by atoms with van der Waals surface area (Å²) in [6.45, 7) is 4.74. The van der Waals surface area contributed by atoms with Gasteiger partial charge < -0.3 is 28.5 Å². The number of carbonyl (C=O) groups is 3. The van der Waals surface area contributed by atoms with Gasteiger partial charge in [0.05, 0.1) is 34.4 Å². The molecule has 2 atom stereocenters. The fourth-order valence-electron chi connectivity index (χ4n) is 8.80. The predicted octanol–water partition coefficient (Wildman–Crippen LogP) is 20.6. The van der Waals surface area contributed by atoms with Crippen molar-refractivity contribution in [3.8, 4) is 0 Å². The zero-order valence-electron chi connectivity index (χ0n) is 53.8. The Kier molecular flexibility index (Phi) is 60.0. The number of unbranched alkanes of at least 4 members (excludes halogenated alkanes) is 23. The van der Waals surface area contributed by atoms with Gasteiger partial charge in [0.25, 0.3) is 6.29 Å². The molecule has 9 heteroatoms. The second kappa shape index (κ2) is 63.5. The summed E-state index contributed by atoms with van der Waals surface area (Å²) in [5.74, 6) is -2.03. The van der Waals surface area contributed by atoms with Crippen LogP contribution < -0.4 is 0 Å². The van der Waals surface area contributed by atoms with E-state index in [4.69, 9.17) is 18.9 Å². The van der Waals surface area contributed by atoms with Gasteiger partial charge >= 0.3 is 17.9 Å². The average Bonchev–Trinajstić information content (AvgIpc) is 3.46. The minimum Gasteiger partial charge on any atom is -0.477 e. The monoisotopic (exact) mass is 1150 g/mol. The van der Waals surface area contributed by atoms with Crippen LogP contribution in [0, 0.1) is 0 Å². The third-order valence-electron chi connectivity index (χ3n) is 13.9. The van der Waals surface area contributed by atoms with Gasteiger partial charge in [0.15, 0.2) is 6.10 Å². The Balaban J connectivity index is 4.23. The second-order valence-corrected chi connectivity index (χ2v) is 23.0. The summed E-state index contributed by atoms with van der Waals surface area (Å²) in [6.07, 6.45) is 88.3. The van der Waals surface area contributed by atoms with Crippen molar-refractivity contribution in [2.24, 2.45) is 0 Å². The van der Waals surface area contributed by atoms with Gasteiger partial charge in [-0.05, 0) is 116 Å². The Morgan fingerprint density at radius 3 is 1.02 bits per heavy atom. The Morgan fingerprint density at radius 2 is 0.687 bits per heavy atom. The molecule has 1 N–H and O–H groups in total. The van der Waals surface area contributed by atoms with Crippen LogP contribution >= 0.6 is 0 Å². The number of nitrogens with zero attached hydrogens (tertiary/aromatic N) is 1. The molecule has 9 nitrogen and oxygen atoms in total. The first-order valence-electron chi connectivity index (χ1n) is 33.3.